The second-order valence-electron chi connectivity index (χ2n) is 7.28. The van der Waals surface area contributed by atoms with Gasteiger partial charge in [0, 0.05) is 38.0 Å². The fraction of sp³-hybridized carbons (Fsp3) is 0.619. The van der Waals surface area contributed by atoms with Crippen molar-refractivity contribution in [2.45, 2.75) is 57.4 Å². The van der Waals surface area contributed by atoms with Crippen molar-refractivity contribution >= 4 is 11.8 Å². The Morgan fingerprint density at radius 3 is 2.38 bits per heavy atom. The van der Waals surface area contributed by atoms with Crippen LogP contribution in [0.3, 0.4) is 0 Å². The van der Waals surface area contributed by atoms with Gasteiger partial charge in [-0.3, -0.25) is 9.59 Å². The van der Waals surface area contributed by atoms with E-state index in [1.807, 2.05) is 34.1 Å². The smallest absolute Gasteiger partial charge is 0.223 e. The lowest BCUT2D eigenvalue weighted by molar-refractivity contribution is -0.137. The number of likely N-dealkylation sites (tertiary alicyclic amines) is 2. The third kappa shape index (κ3) is 4.37. The summed E-state index contributed by atoms with van der Waals surface area (Å²) in [6.07, 6.45) is 7.16. The summed E-state index contributed by atoms with van der Waals surface area (Å²) in [4.78, 5) is 29.1. The van der Waals surface area contributed by atoms with Crippen LogP contribution in [-0.2, 0) is 9.59 Å². The van der Waals surface area contributed by atoms with Crippen molar-refractivity contribution in [3.8, 4) is 5.75 Å². The summed E-state index contributed by atoms with van der Waals surface area (Å²) in [7, 11) is 1.67. The van der Waals surface area contributed by atoms with Gasteiger partial charge in [0.05, 0.1) is 13.2 Å². The minimum atomic E-state index is 0.0620. The predicted octanol–water partition coefficient (Wildman–Crippen LogP) is 3.54. The zero-order valence-electron chi connectivity index (χ0n) is 15.8. The van der Waals surface area contributed by atoms with Crippen molar-refractivity contribution in [2.75, 3.05) is 26.7 Å². The molecule has 2 heterocycles. The third-order valence-electron chi connectivity index (χ3n) is 5.58. The number of amides is 2. The summed E-state index contributed by atoms with van der Waals surface area (Å²) in [5.41, 5.74) is 1.07. The van der Waals surface area contributed by atoms with E-state index in [0.29, 0.717) is 12.8 Å². The normalized spacial score (nSPS) is 20.7. The maximum atomic E-state index is 12.8. The number of nitrogens with zero attached hydrogens (tertiary/aromatic N) is 2. The second-order valence-corrected chi connectivity index (χ2v) is 7.28. The number of hydrogen-bond donors (Lipinski definition) is 0. The molecule has 1 unspecified atom stereocenters. The van der Waals surface area contributed by atoms with E-state index < -0.39 is 0 Å². The van der Waals surface area contributed by atoms with Crippen LogP contribution in [0, 0.1) is 0 Å². The number of methoxy groups -OCH3 is 1. The first-order chi connectivity index (χ1) is 12.7. The maximum absolute atomic E-state index is 12.8. The van der Waals surface area contributed by atoms with Crippen molar-refractivity contribution in [3.05, 3.63) is 29.8 Å². The Balaban J connectivity index is 1.59. The molecule has 5 nitrogen and oxygen atoms in total. The number of rotatable bonds is 5. The zero-order chi connectivity index (χ0) is 18.4. The average molecular weight is 358 g/mol. The first kappa shape index (κ1) is 18.7. The van der Waals surface area contributed by atoms with Crippen LogP contribution >= 0.6 is 0 Å². The Hall–Kier alpha value is -2.04. The predicted molar refractivity (Wildman–Crippen MR) is 101 cm³/mol. The van der Waals surface area contributed by atoms with Gasteiger partial charge in [0.1, 0.15) is 5.75 Å². The van der Waals surface area contributed by atoms with Gasteiger partial charge in [-0.25, -0.2) is 0 Å². The monoisotopic (exact) mass is 358 g/mol. The van der Waals surface area contributed by atoms with Gasteiger partial charge in [0.25, 0.3) is 0 Å². The van der Waals surface area contributed by atoms with Crippen molar-refractivity contribution in [2.24, 2.45) is 0 Å². The van der Waals surface area contributed by atoms with Gasteiger partial charge >= 0.3 is 0 Å². The van der Waals surface area contributed by atoms with Gasteiger partial charge in [-0.05, 0) is 31.7 Å². The molecule has 0 aromatic heterocycles. The van der Waals surface area contributed by atoms with Crippen LogP contribution in [0.2, 0.25) is 0 Å². The maximum Gasteiger partial charge on any atom is 0.223 e. The van der Waals surface area contributed by atoms with Crippen LogP contribution in [0.4, 0.5) is 0 Å². The lowest BCUT2D eigenvalue weighted by Gasteiger charge is -2.27. The number of carbonyl (C=O) groups is 2. The van der Waals surface area contributed by atoms with E-state index in [0.717, 1.165) is 56.6 Å². The molecule has 0 bridgehead atoms. The number of ether oxygens (including phenoxy) is 1. The molecule has 0 spiro atoms. The minimum Gasteiger partial charge on any atom is -0.496 e. The van der Waals surface area contributed by atoms with Crippen LogP contribution in [0.25, 0.3) is 0 Å². The Kier molecular flexibility index (Phi) is 6.53. The largest absolute Gasteiger partial charge is 0.496 e. The third-order valence-corrected chi connectivity index (χ3v) is 5.58. The quantitative estimate of drug-likeness (QED) is 0.809. The standard InChI is InChI=1S/C21H30N2O3/c1-26-19-11-5-4-9-17(19)18-10-8-16-23(18)21(25)13-12-20(24)22-14-6-2-3-7-15-22/h4-5,9,11,18H,2-3,6-8,10,12-16H2,1H3. The van der Waals surface area contributed by atoms with E-state index in [1.54, 1.807) is 7.11 Å². The van der Waals surface area contributed by atoms with Crippen LogP contribution in [0.5, 0.6) is 5.75 Å². The highest BCUT2D eigenvalue weighted by molar-refractivity contribution is 5.84. The van der Waals surface area contributed by atoms with Gasteiger partial charge in [0.15, 0.2) is 0 Å². The van der Waals surface area contributed by atoms with Gasteiger partial charge in [-0.2, -0.15) is 0 Å². The molecule has 0 saturated carbocycles. The SMILES string of the molecule is COc1ccccc1C1CCCN1C(=O)CCC(=O)N1CCCCCC1. The van der Waals surface area contributed by atoms with Crippen LogP contribution < -0.4 is 4.74 Å². The summed E-state index contributed by atoms with van der Waals surface area (Å²) < 4.78 is 5.48. The van der Waals surface area contributed by atoms with Crippen molar-refractivity contribution < 1.29 is 14.3 Å². The molecule has 1 aromatic carbocycles. The van der Waals surface area contributed by atoms with Crippen LogP contribution in [0.1, 0.15) is 63.0 Å². The molecule has 0 aliphatic carbocycles. The number of para-hydroxylation sites is 1. The number of hydrogen-bond acceptors (Lipinski definition) is 3. The van der Waals surface area contributed by atoms with E-state index >= 15 is 0 Å². The molecule has 2 fully saturated rings. The number of carbonyl (C=O) groups excluding carboxylic acids is 2. The van der Waals surface area contributed by atoms with Crippen LogP contribution in [-0.4, -0.2) is 48.4 Å². The molecule has 1 aromatic rings. The van der Waals surface area contributed by atoms with Crippen molar-refractivity contribution in [1.82, 2.24) is 9.80 Å². The van der Waals surface area contributed by atoms with E-state index in [-0.39, 0.29) is 17.9 Å². The summed E-state index contributed by atoms with van der Waals surface area (Å²) in [6, 6.07) is 7.98. The molecule has 0 N–H and O–H groups in total. The van der Waals surface area contributed by atoms with Gasteiger partial charge < -0.3 is 14.5 Å². The molecule has 0 radical (unpaired) electrons. The van der Waals surface area contributed by atoms with Crippen molar-refractivity contribution in [1.29, 1.82) is 0 Å². The average Bonchev–Trinajstić information content (AvgIpc) is 3.00. The van der Waals surface area contributed by atoms with E-state index in [1.165, 1.54) is 12.8 Å². The first-order valence-electron chi connectivity index (χ1n) is 9.91. The zero-order valence-corrected chi connectivity index (χ0v) is 15.8. The minimum absolute atomic E-state index is 0.0620. The molecule has 1 atom stereocenters. The summed E-state index contributed by atoms with van der Waals surface area (Å²) in [6.45, 7) is 2.46. The Morgan fingerprint density at radius 1 is 0.962 bits per heavy atom. The van der Waals surface area contributed by atoms with Gasteiger partial charge in [0.2, 0.25) is 11.8 Å². The fourth-order valence-corrected chi connectivity index (χ4v) is 4.17. The van der Waals surface area contributed by atoms with Gasteiger partial charge in [-0.1, -0.05) is 31.0 Å². The molecule has 5 heteroatoms. The molecule has 3 rings (SSSR count). The molecule has 26 heavy (non-hydrogen) atoms. The molecule has 2 aliphatic heterocycles. The molecule has 2 aliphatic rings. The Bertz CT molecular complexity index is 623. The molecule has 142 valence electrons. The van der Waals surface area contributed by atoms with Crippen LogP contribution in [0.15, 0.2) is 24.3 Å². The topological polar surface area (TPSA) is 49.9 Å². The summed E-state index contributed by atoms with van der Waals surface area (Å²) >= 11 is 0. The first-order valence-corrected chi connectivity index (χ1v) is 9.91. The molecular formula is C21H30N2O3. The van der Waals surface area contributed by atoms with E-state index in [9.17, 15) is 9.59 Å². The molecular weight excluding hydrogens is 328 g/mol. The highest BCUT2D eigenvalue weighted by Gasteiger charge is 2.31. The highest BCUT2D eigenvalue weighted by Crippen LogP contribution is 2.37. The van der Waals surface area contributed by atoms with E-state index in [2.05, 4.69) is 0 Å². The Morgan fingerprint density at radius 2 is 1.65 bits per heavy atom. The summed E-state index contributed by atoms with van der Waals surface area (Å²) in [5.74, 6) is 1.05. The summed E-state index contributed by atoms with van der Waals surface area (Å²) in [5, 5.41) is 0. The lowest BCUT2D eigenvalue weighted by atomic mass is 10.0. The van der Waals surface area contributed by atoms with Crippen molar-refractivity contribution in [3.63, 3.8) is 0 Å². The highest BCUT2D eigenvalue weighted by atomic mass is 16.5. The number of benzene rings is 1. The second kappa shape index (κ2) is 9.06. The fourth-order valence-electron chi connectivity index (χ4n) is 4.17. The van der Waals surface area contributed by atoms with E-state index in [4.69, 9.17) is 4.74 Å². The molecule has 2 saturated heterocycles. The van der Waals surface area contributed by atoms with Gasteiger partial charge in [-0.15, -0.1) is 0 Å². The Labute approximate surface area is 156 Å². The molecule has 2 amide bonds. The lowest BCUT2D eigenvalue weighted by Crippen LogP contribution is -2.34.